The number of amides is 1. The van der Waals surface area contributed by atoms with Crippen molar-refractivity contribution < 1.29 is 4.79 Å². The zero-order valence-electron chi connectivity index (χ0n) is 14.5. The number of rotatable bonds is 5. The minimum Gasteiger partial charge on any atom is -0.342 e. The molecule has 1 amide bonds. The Kier molecular flexibility index (Phi) is 4.38. The van der Waals surface area contributed by atoms with E-state index in [1.54, 1.807) is 6.07 Å². The summed E-state index contributed by atoms with van der Waals surface area (Å²) in [6, 6.07) is 7.46. The number of carbonyl (C=O) groups is 1. The first-order valence-corrected chi connectivity index (χ1v) is 8.27. The van der Waals surface area contributed by atoms with E-state index >= 15 is 0 Å². The number of anilines is 1. The van der Waals surface area contributed by atoms with Gasteiger partial charge in [0.1, 0.15) is 5.82 Å². The fourth-order valence-electron chi connectivity index (χ4n) is 2.60. The van der Waals surface area contributed by atoms with Gasteiger partial charge < -0.3 is 10.3 Å². The quantitative estimate of drug-likeness (QED) is 0.665. The van der Waals surface area contributed by atoms with E-state index < -0.39 is 0 Å². The van der Waals surface area contributed by atoms with Crippen LogP contribution in [0.1, 0.15) is 55.6 Å². The molecular weight excluding hydrogens is 302 g/mol. The molecule has 126 valence electrons. The molecule has 2 heterocycles. The highest BCUT2D eigenvalue weighted by molar-refractivity contribution is 6.03. The molecule has 0 aliphatic rings. The third kappa shape index (κ3) is 3.48. The Labute approximate surface area is 141 Å². The van der Waals surface area contributed by atoms with Crippen molar-refractivity contribution in [2.45, 2.75) is 40.0 Å². The predicted molar refractivity (Wildman–Crippen MR) is 95.3 cm³/mol. The number of fused-ring (bicyclic) bond motifs is 1. The number of benzene rings is 1. The summed E-state index contributed by atoms with van der Waals surface area (Å²) in [6.07, 6.45) is 0.873. The van der Waals surface area contributed by atoms with Gasteiger partial charge in [0, 0.05) is 17.3 Å². The van der Waals surface area contributed by atoms with Crippen LogP contribution in [0.15, 0.2) is 24.3 Å². The lowest BCUT2D eigenvalue weighted by molar-refractivity contribution is 0.102. The molecule has 3 aromatic rings. The summed E-state index contributed by atoms with van der Waals surface area (Å²) < 4.78 is 0. The summed E-state index contributed by atoms with van der Waals surface area (Å²) in [6.45, 7) is 8.44. The lowest BCUT2D eigenvalue weighted by Crippen LogP contribution is -2.12. The number of hydrogen-bond donors (Lipinski definition) is 3. The number of H-pyrrole nitrogens is 2. The van der Waals surface area contributed by atoms with E-state index in [0.29, 0.717) is 17.5 Å². The number of aromatic nitrogens is 4. The van der Waals surface area contributed by atoms with Gasteiger partial charge in [-0.3, -0.25) is 9.89 Å². The molecule has 2 aromatic heterocycles. The van der Waals surface area contributed by atoms with Gasteiger partial charge in [0.2, 0.25) is 0 Å². The molecular formula is C18H23N5O. The second-order valence-corrected chi connectivity index (χ2v) is 6.84. The van der Waals surface area contributed by atoms with Gasteiger partial charge in [-0.25, -0.2) is 4.98 Å². The third-order valence-electron chi connectivity index (χ3n) is 3.80. The summed E-state index contributed by atoms with van der Waals surface area (Å²) >= 11 is 0. The molecule has 1 aromatic carbocycles. The van der Waals surface area contributed by atoms with Crippen LogP contribution in [0.4, 0.5) is 5.69 Å². The van der Waals surface area contributed by atoms with E-state index in [4.69, 9.17) is 0 Å². The lowest BCUT2D eigenvalue weighted by atomic mass is 10.1. The smallest absolute Gasteiger partial charge is 0.276 e. The van der Waals surface area contributed by atoms with Crippen LogP contribution >= 0.6 is 0 Å². The van der Waals surface area contributed by atoms with Crippen LogP contribution in [0, 0.1) is 5.92 Å². The second-order valence-electron chi connectivity index (χ2n) is 6.84. The van der Waals surface area contributed by atoms with Gasteiger partial charge in [-0.15, -0.1) is 0 Å². The topological polar surface area (TPSA) is 86.5 Å². The molecule has 0 spiro atoms. The first kappa shape index (κ1) is 16.2. The highest BCUT2D eigenvalue weighted by atomic mass is 16.1. The Balaban J connectivity index is 1.76. The second kappa shape index (κ2) is 6.47. The van der Waals surface area contributed by atoms with E-state index in [1.165, 1.54) is 0 Å². The van der Waals surface area contributed by atoms with E-state index in [-0.39, 0.29) is 5.91 Å². The van der Waals surface area contributed by atoms with Crippen LogP contribution in [0.2, 0.25) is 0 Å². The molecule has 0 atom stereocenters. The van der Waals surface area contributed by atoms with Crippen LogP contribution in [0.5, 0.6) is 0 Å². The van der Waals surface area contributed by atoms with Gasteiger partial charge in [0.25, 0.3) is 5.91 Å². The minimum atomic E-state index is -0.218. The fraction of sp³-hybridized carbons (Fsp3) is 0.389. The van der Waals surface area contributed by atoms with Crippen LogP contribution < -0.4 is 5.32 Å². The van der Waals surface area contributed by atoms with E-state index in [9.17, 15) is 4.79 Å². The van der Waals surface area contributed by atoms with Crippen molar-refractivity contribution in [1.82, 2.24) is 20.2 Å². The van der Waals surface area contributed by atoms with Gasteiger partial charge in [0.15, 0.2) is 5.69 Å². The average molecular weight is 325 g/mol. The minimum absolute atomic E-state index is 0.218. The van der Waals surface area contributed by atoms with Gasteiger partial charge in [-0.05, 0) is 36.6 Å². The molecule has 0 radical (unpaired) electrons. The Morgan fingerprint density at radius 1 is 1.21 bits per heavy atom. The summed E-state index contributed by atoms with van der Waals surface area (Å²) in [4.78, 5) is 20.2. The number of hydrogen-bond acceptors (Lipinski definition) is 3. The van der Waals surface area contributed by atoms with Crippen molar-refractivity contribution in [3.8, 4) is 0 Å². The number of aromatic amines is 2. The van der Waals surface area contributed by atoms with E-state index in [2.05, 4.69) is 53.2 Å². The molecule has 0 aliphatic heterocycles. The molecule has 0 fully saturated rings. The van der Waals surface area contributed by atoms with Crippen LogP contribution in [-0.2, 0) is 6.42 Å². The number of carbonyl (C=O) groups excluding carboxylic acids is 1. The normalized spacial score (nSPS) is 11.6. The Hall–Kier alpha value is -2.63. The molecule has 3 rings (SSSR count). The standard InChI is InChI=1S/C18H23N5O/c1-10(2)7-13-9-16(23-22-13)18(24)19-12-5-6-14-15(8-12)21-17(20-14)11(3)4/h5-6,8-11H,7H2,1-4H3,(H,19,24)(H,20,21)(H,22,23). The summed E-state index contributed by atoms with van der Waals surface area (Å²) in [5.74, 6) is 1.57. The molecule has 0 aliphatic carbocycles. The lowest BCUT2D eigenvalue weighted by Gasteiger charge is -2.02. The van der Waals surface area contributed by atoms with Crippen LogP contribution in [0.3, 0.4) is 0 Å². The Morgan fingerprint density at radius 3 is 2.71 bits per heavy atom. The Morgan fingerprint density at radius 2 is 2.00 bits per heavy atom. The zero-order chi connectivity index (χ0) is 17.3. The number of nitrogens with one attached hydrogen (secondary N) is 3. The van der Waals surface area contributed by atoms with E-state index in [1.807, 2.05) is 18.2 Å². The van der Waals surface area contributed by atoms with Crippen LogP contribution in [0.25, 0.3) is 11.0 Å². The Bertz CT molecular complexity index is 859. The monoisotopic (exact) mass is 325 g/mol. The first-order chi connectivity index (χ1) is 11.4. The summed E-state index contributed by atoms with van der Waals surface area (Å²) in [5.41, 5.74) is 3.91. The summed E-state index contributed by atoms with van der Waals surface area (Å²) in [5, 5.41) is 9.91. The molecule has 6 nitrogen and oxygen atoms in total. The van der Waals surface area contributed by atoms with Gasteiger partial charge in [0.05, 0.1) is 11.0 Å². The van der Waals surface area contributed by atoms with Crippen molar-refractivity contribution in [3.05, 3.63) is 41.5 Å². The van der Waals surface area contributed by atoms with E-state index in [0.717, 1.165) is 34.7 Å². The molecule has 0 unspecified atom stereocenters. The summed E-state index contributed by atoms with van der Waals surface area (Å²) in [7, 11) is 0. The SMILES string of the molecule is CC(C)Cc1cc(C(=O)Nc2ccc3nc(C(C)C)[nH]c3c2)n[nH]1. The van der Waals surface area contributed by atoms with Gasteiger partial charge in [-0.1, -0.05) is 27.7 Å². The molecule has 24 heavy (non-hydrogen) atoms. The highest BCUT2D eigenvalue weighted by Crippen LogP contribution is 2.21. The van der Waals surface area contributed by atoms with Crippen molar-refractivity contribution in [1.29, 1.82) is 0 Å². The maximum absolute atomic E-state index is 12.3. The molecule has 3 N–H and O–H groups in total. The third-order valence-corrected chi connectivity index (χ3v) is 3.80. The maximum atomic E-state index is 12.3. The van der Waals surface area contributed by atoms with Crippen LogP contribution in [-0.4, -0.2) is 26.1 Å². The largest absolute Gasteiger partial charge is 0.342 e. The van der Waals surface area contributed by atoms with Gasteiger partial charge in [-0.2, -0.15) is 5.10 Å². The number of imidazole rings is 1. The van der Waals surface area contributed by atoms with Crippen molar-refractivity contribution in [2.24, 2.45) is 5.92 Å². The molecule has 6 heteroatoms. The average Bonchev–Trinajstić information content (AvgIpc) is 3.12. The van der Waals surface area contributed by atoms with Gasteiger partial charge >= 0.3 is 0 Å². The maximum Gasteiger partial charge on any atom is 0.276 e. The molecule has 0 bridgehead atoms. The zero-order valence-corrected chi connectivity index (χ0v) is 14.5. The highest BCUT2D eigenvalue weighted by Gasteiger charge is 2.13. The van der Waals surface area contributed by atoms with Crippen molar-refractivity contribution in [3.63, 3.8) is 0 Å². The first-order valence-electron chi connectivity index (χ1n) is 8.27. The predicted octanol–water partition coefficient (Wildman–Crippen LogP) is 3.86. The molecule has 0 saturated carbocycles. The van der Waals surface area contributed by atoms with Crippen molar-refractivity contribution >= 4 is 22.6 Å². The fourth-order valence-corrected chi connectivity index (χ4v) is 2.60. The molecule has 0 saturated heterocycles. The number of nitrogens with zero attached hydrogens (tertiary/aromatic N) is 2. The van der Waals surface area contributed by atoms with Crippen molar-refractivity contribution in [2.75, 3.05) is 5.32 Å².